The highest BCUT2D eigenvalue weighted by Gasteiger charge is 2.16. The summed E-state index contributed by atoms with van der Waals surface area (Å²) in [7, 11) is 1.78. The van der Waals surface area contributed by atoms with E-state index in [0.29, 0.717) is 23.4 Å². The van der Waals surface area contributed by atoms with Gasteiger partial charge in [0.05, 0.1) is 17.1 Å². The average molecular weight is 591 g/mol. The zero-order valence-corrected chi connectivity index (χ0v) is 25.6. The molecule has 5 aromatic carbocycles. The van der Waals surface area contributed by atoms with Crippen molar-refractivity contribution in [2.45, 2.75) is 20.4 Å². The maximum Gasteiger partial charge on any atom is 0.256 e. The third-order valence-corrected chi connectivity index (χ3v) is 7.75. The molecule has 6 aromatic rings. The van der Waals surface area contributed by atoms with Gasteiger partial charge in [0.25, 0.3) is 11.8 Å². The number of anilines is 1. The van der Waals surface area contributed by atoms with Gasteiger partial charge in [0, 0.05) is 36.0 Å². The second kappa shape index (κ2) is 12.9. The van der Waals surface area contributed by atoms with Gasteiger partial charge in [-0.1, -0.05) is 96.6 Å². The molecule has 0 unspecified atom stereocenters. The summed E-state index contributed by atoms with van der Waals surface area (Å²) in [5.41, 5.74) is 9.63. The predicted octanol–water partition coefficient (Wildman–Crippen LogP) is 8.35. The summed E-state index contributed by atoms with van der Waals surface area (Å²) >= 11 is 0. The summed E-state index contributed by atoms with van der Waals surface area (Å²) in [5, 5.41) is 7.69. The van der Waals surface area contributed by atoms with Crippen molar-refractivity contribution in [2.24, 2.45) is 0 Å². The van der Waals surface area contributed by atoms with Crippen LogP contribution >= 0.6 is 0 Å². The Kier molecular flexibility index (Phi) is 8.38. The molecule has 0 bridgehead atoms. The Hall–Kier alpha value is -5.75. The molecule has 0 radical (unpaired) electrons. The van der Waals surface area contributed by atoms with Crippen LogP contribution in [0.3, 0.4) is 0 Å². The first-order valence-electron chi connectivity index (χ1n) is 14.9. The minimum atomic E-state index is -0.230. The Labute approximate surface area is 263 Å². The smallest absolute Gasteiger partial charge is 0.256 e. The summed E-state index contributed by atoms with van der Waals surface area (Å²) in [5.74, 6) is -0.365. The van der Waals surface area contributed by atoms with Crippen molar-refractivity contribution < 1.29 is 9.59 Å². The van der Waals surface area contributed by atoms with E-state index < -0.39 is 0 Å². The van der Waals surface area contributed by atoms with Gasteiger partial charge in [-0.15, -0.1) is 0 Å². The fourth-order valence-corrected chi connectivity index (χ4v) is 5.41. The number of hydrogen-bond donors (Lipinski definition) is 1. The zero-order valence-electron chi connectivity index (χ0n) is 25.6. The number of aryl methyl sites for hydroxylation is 2. The minimum Gasteiger partial charge on any atom is -0.337 e. The Morgan fingerprint density at radius 2 is 1.44 bits per heavy atom. The lowest BCUT2D eigenvalue weighted by Crippen LogP contribution is -2.26. The lowest BCUT2D eigenvalue weighted by molar-refractivity contribution is 0.0784. The van der Waals surface area contributed by atoms with Crippen LogP contribution in [0.15, 0.2) is 133 Å². The molecule has 45 heavy (non-hydrogen) atoms. The molecule has 0 aliphatic heterocycles. The predicted molar refractivity (Wildman–Crippen MR) is 181 cm³/mol. The number of amides is 2. The third kappa shape index (κ3) is 6.60. The summed E-state index contributed by atoms with van der Waals surface area (Å²) in [6.07, 6.45) is 0. The van der Waals surface area contributed by atoms with Gasteiger partial charge in [0.2, 0.25) is 0 Å². The highest BCUT2D eigenvalue weighted by atomic mass is 16.2. The molecular weight excluding hydrogens is 556 g/mol. The molecule has 1 heterocycles. The molecule has 0 spiro atoms. The second-order valence-corrected chi connectivity index (χ2v) is 11.2. The Balaban J connectivity index is 1.14. The molecule has 0 atom stereocenters. The number of nitrogens with zero attached hydrogens (tertiary/aromatic N) is 3. The van der Waals surface area contributed by atoms with Crippen LogP contribution in [0.4, 0.5) is 5.69 Å². The second-order valence-electron chi connectivity index (χ2n) is 11.2. The average Bonchev–Trinajstić information content (AvgIpc) is 3.47. The van der Waals surface area contributed by atoms with Crippen LogP contribution in [-0.4, -0.2) is 33.5 Å². The minimum absolute atomic E-state index is 0.135. The number of hydrogen-bond acceptors (Lipinski definition) is 3. The molecule has 0 saturated carbocycles. The standard InChI is InChI=1S/C39H34N4O2/c1-27-16-20-30(21-17-27)35-14-7-8-15-36(35)38(44)40-33-13-9-12-32(25-33)39(45)42(3)26-29-18-22-34(23-19-29)43-37(24-28(2)41-43)31-10-5-4-6-11-31/h4-25H,26H2,1-3H3,(H,40,44). The largest absolute Gasteiger partial charge is 0.337 e. The maximum absolute atomic E-state index is 13.4. The number of carbonyl (C=O) groups excluding carboxylic acids is 2. The SMILES string of the molecule is Cc1ccc(-c2ccccc2C(=O)Nc2cccc(C(=O)N(C)Cc3ccc(-n4nc(C)cc4-c4ccccc4)cc3)c2)cc1. The summed E-state index contributed by atoms with van der Waals surface area (Å²) in [6, 6.07) is 43.1. The molecule has 1 aromatic heterocycles. The molecule has 0 aliphatic rings. The normalized spacial score (nSPS) is 10.8. The summed E-state index contributed by atoms with van der Waals surface area (Å²) < 4.78 is 1.95. The van der Waals surface area contributed by atoms with Gasteiger partial charge in [0.1, 0.15) is 0 Å². The molecular formula is C39H34N4O2. The van der Waals surface area contributed by atoms with E-state index in [1.54, 1.807) is 36.2 Å². The van der Waals surface area contributed by atoms with Crippen LogP contribution in [0.1, 0.15) is 37.5 Å². The van der Waals surface area contributed by atoms with Gasteiger partial charge in [-0.05, 0) is 73.0 Å². The van der Waals surface area contributed by atoms with Gasteiger partial charge < -0.3 is 10.2 Å². The first kappa shape index (κ1) is 29.3. The van der Waals surface area contributed by atoms with Crippen molar-refractivity contribution in [3.63, 3.8) is 0 Å². The zero-order chi connectivity index (χ0) is 31.3. The van der Waals surface area contributed by atoms with Crippen molar-refractivity contribution in [2.75, 3.05) is 12.4 Å². The van der Waals surface area contributed by atoms with Crippen molar-refractivity contribution in [1.82, 2.24) is 14.7 Å². The number of carbonyl (C=O) groups is 2. The highest BCUT2D eigenvalue weighted by molar-refractivity contribution is 6.09. The van der Waals surface area contributed by atoms with E-state index in [4.69, 9.17) is 5.10 Å². The van der Waals surface area contributed by atoms with E-state index in [1.807, 2.05) is 110 Å². The van der Waals surface area contributed by atoms with Crippen molar-refractivity contribution >= 4 is 17.5 Å². The van der Waals surface area contributed by atoms with Crippen molar-refractivity contribution in [3.05, 3.63) is 161 Å². The summed E-state index contributed by atoms with van der Waals surface area (Å²) in [6.45, 7) is 4.46. The fourth-order valence-electron chi connectivity index (χ4n) is 5.41. The van der Waals surface area contributed by atoms with Crippen LogP contribution in [0.5, 0.6) is 0 Å². The maximum atomic E-state index is 13.4. The van der Waals surface area contributed by atoms with Gasteiger partial charge in [0.15, 0.2) is 0 Å². The van der Waals surface area contributed by atoms with Crippen LogP contribution in [0.25, 0.3) is 28.1 Å². The molecule has 6 rings (SSSR count). The van der Waals surface area contributed by atoms with E-state index in [9.17, 15) is 9.59 Å². The van der Waals surface area contributed by atoms with Crippen LogP contribution in [0.2, 0.25) is 0 Å². The molecule has 222 valence electrons. The van der Waals surface area contributed by atoms with Crippen LogP contribution < -0.4 is 5.32 Å². The van der Waals surface area contributed by atoms with Crippen LogP contribution in [0, 0.1) is 13.8 Å². The highest BCUT2D eigenvalue weighted by Crippen LogP contribution is 2.26. The fraction of sp³-hybridized carbons (Fsp3) is 0.103. The lowest BCUT2D eigenvalue weighted by Gasteiger charge is -2.18. The Morgan fingerprint density at radius 3 is 2.20 bits per heavy atom. The van der Waals surface area contributed by atoms with E-state index in [0.717, 1.165) is 44.9 Å². The molecule has 2 amide bonds. The van der Waals surface area contributed by atoms with E-state index >= 15 is 0 Å². The first-order valence-corrected chi connectivity index (χ1v) is 14.9. The first-order chi connectivity index (χ1) is 21.9. The number of nitrogens with one attached hydrogen (secondary N) is 1. The van der Waals surface area contributed by atoms with Gasteiger partial charge in [-0.3, -0.25) is 9.59 Å². The topological polar surface area (TPSA) is 67.2 Å². The number of benzene rings is 5. The number of aromatic nitrogens is 2. The molecule has 6 nitrogen and oxygen atoms in total. The van der Waals surface area contributed by atoms with Gasteiger partial charge >= 0.3 is 0 Å². The lowest BCUT2D eigenvalue weighted by atomic mass is 9.98. The van der Waals surface area contributed by atoms with Crippen molar-refractivity contribution in [3.8, 4) is 28.1 Å². The Morgan fingerprint density at radius 1 is 0.733 bits per heavy atom. The van der Waals surface area contributed by atoms with Crippen LogP contribution in [-0.2, 0) is 6.54 Å². The molecule has 6 heteroatoms. The summed E-state index contributed by atoms with van der Waals surface area (Å²) in [4.78, 5) is 28.4. The monoisotopic (exact) mass is 590 g/mol. The quantitative estimate of drug-likeness (QED) is 0.194. The molecule has 0 fully saturated rings. The Bertz CT molecular complexity index is 1960. The molecule has 0 saturated heterocycles. The van der Waals surface area contributed by atoms with E-state index in [1.165, 1.54) is 0 Å². The molecule has 1 N–H and O–H groups in total. The number of rotatable bonds is 8. The third-order valence-electron chi connectivity index (χ3n) is 7.75. The van der Waals surface area contributed by atoms with E-state index in [-0.39, 0.29) is 11.8 Å². The van der Waals surface area contributed by atoms with Gasteiger partial charge in [-0.25, -0.2) is 4.68 Å². The van der Waals surface area contributed by atoms with Gasteiger partial charge in [-0.2, -0.15) is 5.10 Å². The van der Waals surface area contributed by atoms with E-state index in [2.05, 4.69) is 23.5 Å². The molecule has 0 aliphatic carbocycles. The van der Waals surface area contributed by atoms with Crippen molar-refractivity contribution in [1.29, 1.82) is 0 Å².